The van der Waals surface area contributed by atoms with Gasteiger partial charge in [0.05, 0.1) is 30.4 Å². The Morgan fingerprint density at radius 2 is 1.44 bits per heavy atom. The van der Waals surface area contributed by atoms with Crippen molar-refractivity contribution in [2.75, 3.05) is 46.3 Å². The summed E-state index contributed by atoms with van der Waals surface area (Å²) >= 11 is 1.48. The summed E-state index contributed by atoms with van der Waals surface area (Å²) in [5.74, 6) is 0.824. The van der Waals surface area contributed by atoms with Crippen LogP contribution in [0.25, 0.3) is 10.2 Å². The van der Waals surface area contributed by atoms with E-state index in [0.717, 1.165) is 21.3 Å². The zero-order valence-corrected chi connectivity index (χ0v) is 20.7. The first kappa shape index (κ1) is 23.7. The van der Waals surface area contributed by atoms with E-state index < -0.39 is 5.92 Å². The number of methoxy groups -OCH3 is 2. The summed E-state index contributed by atoms with van der Waals surface area (Å²) in [6.45, 7) is 1.24. The van der Waals surface area contributed by atoms with E-state index in [-0.39, 0.29) is 5.91 Å². The number of ether oxygens (including phenoxy) is 2. The van der Waals surface area contributed by atoms with Gasteiger partial charge >= 0.3 is 0 Å². The highest BCUT2D eigenvalue weighted by Gasteiger charge is 2.30. The molecule has 0 fully saturated rings. The maximum Gasteiger partial charge on any atom is 0.240 e. The van der Waals surface area contributed by atoms with Gasteiger partial charge in [-0.05, 0) is 25.2 Å². The third-order valence-corrected chi connectivity index (χ3v) is 6.70. The number of carbonyl (C=O) groups excluding carboxylic acids is 1. The SMILES string of the molecule is COc1cc2nc(N(CCN(C)C)C(=O)C(c3ccccc3)c3ccccc3)sc2cc1OC. The number of amides is 1. The minimum absolute atomic E-state index is 0.00256. The second kappa shape index (κ2) is 10.7. The van der Waals surface area contributed by atoms with E-state index in [1.54, 1.807) is 14.2 Å². The van der Waals surface area contributed by atoms with Gasteiger partial charge in [-0.2, -0.15) is 0 Å². The Morgan fingerprint density at radius 3 is 1.97 bits per heavy atom. The van der Waals surface area contributed by atoms with Crippen LogP contribution in [0.4, 0.5) is 5.13 Å². The van der Waals surface area contributed by atoms with E-state index in [2.05, 4.69) is 4.90 Å². The number of rotatable bonds is 9. The summed E-state index contributed by atoms with van der Waals surface area (Å²) in [4.78, 5) is 22.9. The molecule has 0 unspecified atom stereocenters. The van der Waals surface area contributed by atoms with E-state index >= 15 is 0 Å². The lowest BCUT2D eigenvalue weighted by Gasteiger charge is -2.27. The molecule has 0 aliphatic carbocycles. The number of hydrogen-bond donors (Lipinski definition) is 0. The first-order valence-electron chi connectivity index (χ1n) is 11.1. The smallest absolute Gasteiger partial charge is 0.240 e. The summed E-state index contributed by atoms with van der Waals surface area (Å²) in [5, 5.41) is 0.661. The van der Waals surface area contributed by atoms with E-state index in [4.69, 9.17) is 14.5 Å². The molecule has 1 heterocycles. The second-order valence-electron chi connectivity index (χ2n) is 8.22. The van der Waals surface area contributed by atoms with Gasteiger partial charge in [0.25, 0.3) is 0 Å². The molecule has 1 amide bonds. The molecular weight excluding hydrogens is 446 g/mol. The molecule has 34 heavy (non-hydrogen) atoms. The first-order chi connectivity index (χ1) is 16.5. The summed E-state index contributed by atoms with van der Waals surface area (Å²) in [6.07, 6.45) is 0. The van der Waals surface area contributed by atoms with Gasteiger partial charge < -0.3 is 14.4 Å². The second-order valence-corrected chi connectivity index (χ2v) is 9.23. The van der Waals surface area contributed by atoms with Gasteiger partial charge in [0.15, 0.2) is 16.6 Å². The maximum atomic E-state index is 14.2. The molecule has 0 saturated carbocycles. The standard InChI is InChI=1S/C27H29N3O3S/c1-29(2)15-16-30(27-28-21-17-22(32-3)23(33-4)18-24(21)34-27)26(31)25(19-11-7-5-8-12-19)20-13-9-6-10-14-20/h5-14,17-18,25H,15-16H2,1-4H3. The van der Waals surface area contributed by atoms with Crippen molar-refractivity contribution in [3.05, 3.63) is 83.9 Å². The van der Waals surface area contributed by atoms with E-state index in [9.17, 15) is 4.79 Å². The van der Waals surface area contributed by atoms with Gasteiger partial charge in [0, 0.05) is 25.2 Å². The molecule has 1 aromatic heterocycles. The Morgan fingerprint density at radius 1 is 0.882 bits per heavy atom. The summed E-state index contributed by atoms with van der Waals surface area (Å²) in [7, 11) is 7.22. The molecule has 3 aromatic carbocycles. The Kier molecular flexibility index (Phi) is 7.45. The Balaban J connectivity index is 1.80. The van der Waals surface area contributed by atoms with Crippen LogP contribution in [-0.2, 0) is 4.79 Å². The lowest BCUT2D eigenvalue weighted by Crippen LogP contribution is -2.40. The van der Waals surface area contributed by atoms with Crippen LogP contribution in [0.3, 0.4) is 0 Å². The molecule has 0 aliphatic heterocycles. The number of aromatic nitrogens is 1. The highest BCUT2D eigenvalue weighted by Crippen LogP contribution is 2.38. The predicted molar refractivity (Wildman–Crippen MR) is 138 cm³/mol. The average Bonchev–Trinajstić information content (AvgIpc) is 3.27. The van der Waals surface area contributed by atoms with Crippen molar-refractivity contribution in [1.82, 2.24) is 9.88 Å². The van der Waals surface area contributed by atoms with Crippen molar-refractivity contribution in [1.29, 1.82) is 0 Å². The Hall–Kier alpha value is -3.42. The number of thiazole rings is 1. The van der Waals surface area contributed by atoms with Gasteiger partial charge in [0.2, 0.25) is 5.91 Å². The van der Waals surface area contributed by atoms with Crippen LogP contribution >= 0.6 is 11.3 Å². The topological polar surface area (TPSA) is 54.9 Å². The van der Waals surface area contributed by atoms with Gasteiger partial charge in [-0.15, -0.1) is 0 Å². The number of fused-ring (bicyclic) bond motifs is 1. The third-order valence-electron chi connectivity index (χ3n) is 5.66. The summed E-state index contributed by atoms with van der Waals surface area (Å²) in [5.41, 5.74) is 2.69. The van der Waals surface area contributed by atoms with Crippen molar-refractivity contribution in [2.45, 2.75) is 5.92 Å². The fourth-order valence-corrected chi connectivity index (χ4v) is 4.89. The molecule has 4 rings (SSSR count). The van der Waals surface area contributed by atoms with Crippen LogP contribution in [0, 0.1) is 0 Å². The maximum absolute atomic E-state index is 14.2. The predicted octanol–water partition coefficient (Wildman–Crippen LogP) is 5.04. The molecule has 0 bridgehead atoms. The lowest BCUT2D eigenvalue weighted by molar-refractivity contribution is -0.119. The van der Waals surface area contributed by atoms with Gasteiger partial charge in [-0.1, -0.05) is 72.0 Å². The van der Waals surface area contributed by atoms with Crippen molar-refractivity contribution < 1.29 is 14.3 Å². The highest BCUT2D eigenvalue weighted by atomic mass is 32.1. The molecule has 6 nitrogen and oxygen atoms in total. The van der Waals surface area contributed by atoms with Crippen molar-refractivity contribution >= 4 is 32.6 Å². The lowest BCUT2D eigenvalue weighted by atomic mass is 9.90. The third kappa shape index (κ3) is 5.05. The van der Waals surface area contributed by atoms with Crippen LogP contribution in [0.1, 0.15) is 17.0 Å². The monoisotopic (exact) mass is 475 g/mol. The number of likely N-dealkylation sites (N-methyl/N-ethyl adjacent to an activating group) is 1. The number of hydrogen-bond acceptors (Lipinski definition) is 6. The van der Waals surface area contributed by atoms with Crippen molar-refractivity contribution in [3.63, 3.8) is 0 Å². The van der Waals surface area contributed by atoms with Crippen molar-refractivity contribution in [3.8, 4) is 11.5 Å². The molecule has 7 heteroatoms. The van der Waals surface area contributed by atoms with Gasteiger partial charge in [0.1, 0.15) is 0 Å². The van der Waals surface area contributed by atoms with Crippen molar-refractivity contribution in [2.24, 2.45) is 0 Å². The quantitative estimate of drug-likeness (QED) is 0.339. The molecule has 0 aliphatic rings. The number of carbonyl (C=O) groups is 1. The fraction of sp³-hybridized carbons (Fsp3) is 0.259. The van der Waals surface area contributed by atoms with Crippen LogP contribution in [0.2, 0.25) is 0 Å². The van der Waals surface area contributed by atoms with Crippen LogP contribution in [-0.4, -0.2) is 57.2 Å². The molecule has 0 atom stereocenters. The normalized spacial score (nSPS) is 11.2. The molecule has 0 N–H and O–H groups in total. The first-order valence-corrected chi connectivity index (χ1v) is 11.9. The fourth-order valence-electron chi connectivity index (χ4n) is 3.88. The highest BCUT2D eigenvalue weighted by molar-refractivity contribution is 7.22. The molecule has 4 aromatic rings. The number of nitrogens with zero attached hydrogens (tertiary/aromatic N) is 3. The number of anilines is 1. The van der Waals surface area contributed by atoms with E-state index in [1.165, 1.54) is 11.3 Å². The van der Waals surface area contributed by atoms with E-state index in [0.29, 0.717) is 29.7 Å². The molecular formula is C27H29N3O3S. The zero-order valence-electron chi connectivity index (χ0n) is 19.9. The summed E-state index contributed by atoms with van der Waals surface area (Å²) < 4.78 is 11.8. The van der Waals surface area contributed by atoms with Gasteiger partial charge in [-0.3, -0.25) is 9.69 Å². The Labute approximate surface area is 204 Å². The van der Waals surface area contributed by atoms with E-state index in [1.807, 2.05) is 91.8 Å². The molecule has 0 spiro atoms. The average molecular weight is 476 g/mol. The Bertz CT molecular complexity index is 1160. The zero-order chi connectivity index (χ0) is 24.1. The molecule has 0 radical (unpaired) electrons. The minimum atomic E-state index is -0.430. The van der Waals surface area contributed by atoms with Crippen LogP contribution in [0.5, 0.6) is 11.5 Å². The van der Waals surface area contributed by atoms with Gasteiger partial charge in [-0.25, -0.2) is 4.98 Å². The molecule has 0 saturated heterocycles. The number of benzene rings is 3. The van der Waals surface area contributed by atoms with Crippen LogP contribution in [0.15, 0.2) is 72.8 Å². The minimum Gasteiger partial charge on any atom is -0.493 e. The largest absolute Gasteiger partial charge is 0.493 e. The van der Waals surface area contributed by atoms with Crippen LogP contribution < -0.4 is 14.4 Å². The summed E-state index contributed by atoms with van der Waals surface area (Å²) in [6, 6.07) is 23.6. The molecule has 176 valence electrons.